The van der Waals surface area contributed by atoms with Crippen LogP contribution in [0, 0.1) is 0 Å². The molecule has 1 aromatic carbocycles. The maximum absolute atomic E-state index is 11.1. The van der Waals surface area contributed by atoms with Crippen LogP contribution in [0.5, 0.6) is 0 Å². The number of imidazole rings is 1. The minimum absolute atomic E-state index is 0.101. The zero-order chi connectivity index (χ0) is 10.8. The third kappa shape index (κ3) is 1.69. The van der Waals surface area contributed by atoms with Gasteiger partial charge in [0, 0.05) is 6.42 Å². The van der Waals surface area contributed by atoms with E-state index in [9.17, 15) is 4.79 Å². The lowest BCUT2D eigenvalue weighted by Gasteiger charge is -2.00. The molecular weight excluding hydrogens is 196 g/mol. The monoisotopic (exact) mass is 206 g/mol. The smallest absolute Gasteiger partial charge is 0.323 e. The van der Waals surface area contributed by atoms with Crippen molar-refractivity contribution in [3.05, 3.63) is 34.2 Å². The van der Waals surface area contributed by atoms with Gasteiger partial charge in [-0.1, -0.05) is 17.3 Å². The fraction of sp³-hybridized carbons (Fsp3) is 0.111. The van der Waals surface area contributed by atoms with Crippen LogP contribution in [0.15, 0.2) is 28.1 Å². The Balaban J connectivity index is 2.55. The van der Waals surface area contributed by atoms with Gasteiger partial charge in [0.1, 0.15) is 5.84 Å². The highest BCUT2D eigenvalue weighted by atomic mass is 16.4. The lowest BCUT2D eigenvalue weighted by Crippen LogP contribution is -2.14. The van der Waals surface area contributed by atoms with E-state index in [0.29, 0.717) is 17.5 Å². The highest BCUT2D eigenvalue weighted by Crippen LogP contribution is 2.13. The molecule has 0 radical (unpaired) electrons. The van der Waals surface area contributed by atoms with Gasteiger partial charge in [0.25, 0.3) is 0 Å². The Bertz CT molecular complexity index is 567. The first-order chi connectivity index (χ1) is 7.20. The van der Waals surface area contributed by atoms with Crippen LogP contribution in [0.25, 0.3) is 11.0 Å². The Hall–Kier alpha value is -2.24. The van der Waals surface area contributed by atoms with Crippen LogP contribution in [0.4, 0.5) is 0 Å². The van der Waals surface area contributed by atoms with Crippen molar-refractivity contribution in [3.8, 4) is 0 Å². The van der Waals surface area contributed by atoms with E-state index >= 15 is 0 Å². The predicted octanol–water partition coefficient (Wildman–Crippen LogP) is 0.145. The van der Waals surface area contributed by atoms with E-state index in [0.717, 1.165) is 5.56 Å². The fourth-order valence-corrected chi connectivity index (χ4v) is 1.50. The standard InChI is InChI=1S/C9H10N4O2/c10-7(13-15)4-5-2-1-3-6-8(5)12-9(14)11-6/h1-3,15H,4H2,(H2,10,13)(H2,11,12,14). The molecule has 6 nitrogen and oxygen atoms in total. The molecule has 0 fully saturated rings. The molecule has 2 rings (SSSR count). The van der Waals surface area contributed by atoms with Crippen LogP contribution in [0.3, 0.4) is 0 Å². The van der Waals surface area contributed by atoms with Crippen LogP contribution in [-0.4, -0.2) is 21.0 Å². The van der Waals surface area contributed by atoms with Gasteiger partial charge in [-0.25, -0.2) is 4.79 Å². The van der Waals surface area contributed by atoms with E-state index in [1.807, 2.05) is 6.07 Å². The minimum atomic E-state index is -0.267. The van der Waals surface area contributed by atoms with Gasteiger partial charge in [-0.05, 0) is 11.6 Å². The quantitative estimate of drug-likeness (QED) is 0.243. The SMILES string of the molecule is N/C(Cc1cccc2[nH]c(=O)[nH]c12)=N\O. The summed E-state index contributed by atoms with van der Waals surface area (Å²) < 4.78 is 0. The molecule has 1 aromatic heterocycles. The third-order valence-corrected chi connectivity index (χ3v) is 2.14. The van der Waals surface area contributed by atoms with Crippen LogP contribution in [-0.2, 0) is 6.42 Å². The maximum atomic E-state index is 11.1. The minimum Gasteiger partial charge on any atom is -0.409 e. The molecule has 0 aliphatic carbocycles. The summed E-state index contributed by atoms with van der Waals surface area (Å²) in [6.45, 7) is 0. The summed E-state index contributed by atoms with van der Waals surface area (Å²) in [5.41, 5.74) is 7.34. The lowest BCUT2D eigenvalue weighted by molar-refractivity contribution is 0.317. The summed E-state index contributed by atoms with van der Waals surface area (Å²) in [7, 11) is 0. The first-order valence-electron chi connectivity index (χ1n) is 4.37. The summed E-state index contributed by atoms with van der Waals surface area (Å²) in [5, 5.41) is 11.3. The number of hydrogen-bond donors (Lipinski definition) is 4. The number of amidine groups is 1. The van der Waals surface area contributed by atoms with Gasteiger partial charge < -0.3 is 20.9 Å². The molecule has 78 valence electrons. The highest BCUT2D eigenvalue weighted by Gasteiger charge is 2.05. The van der Waals surface area contributed by atoms with Crippen molar-refractivity contribution in [2.24, 2.45) is 10.9 Å². The molecule has 0 bridgehead atoms. The molecule has 0 saturated carbocycles. The summed E-state index contributed by atoms with van der Waals surface area (Å²) in [6.07, 6.45) is 0.293. The van der Waals surface area contributed by atoms with Gasteiger partial charge in [-0.2, -0.15) is 0 Å². The van der Waals surface area contributed by atoms with E-state index < -0.39 is 0 Å². The zero-order valence-electron chi connectivity index (χ0n) is 7.82. The van der Waals surface area contributed by atoms with Crippen LogP contribution >= 0.6 is 0 Å². The Labute approximate surface area is 84.4 Å². The van der Waals surface area contributed by atoms with Gasteiger partial charge in [0.15, 0.2) is 0 Å². The predicted molar refractivity (Wildman–Crippen MR) is 56.0 cm³/mol. The average molecular weight is 206 g/mol. The number of oxime groups is 1. The van der Waals surface area contributed by atoms with Crippen molar-refractivity contribution in [1.82, 2.24) is 9.97 Å². The first-order valence-corrected chi connectivity index (χ1v) is 4.37. The number of benzene rings is 1. The fourth-order valence-electron chi connectivity index (χ4n) is 1.50. The molecule has 2 aromatic rings. The number of nitrogens with two attached hydrogens (primary N) is 1. The topological polar surface area (TPSA) is 107 Å². The van der Waals surface area contributed by atoms with Crippen LogP contribution in [0.1, 0.15) is 5.56 Å². The second-order valence-electron chi connectivity index (χ2n) is 3.19. The summed E-state index contributed by atoms with van der Waals surface area (Å²) in [6, 6.07) is 5.39. The number of aromatic nitrogens is 2. The second kappa shape index (κ2) is 3.49. The van der Waals surface area contributed by atoms with Crippen molar-refractivity contribution in [3.63, 3.8) is 0 Å². The largest absolute Gasteiger partial charge is 0.409 e. The second-order valence-corrected chi connectivity index (χ2v) is 3.19. The number of fused-ring (bicyclic) bond motifs is 1. The van der Waals surface area contributed by atoms with Gasteiger partial charge in [-0.3, -0.25) is 0 Å². The van der Waals surface area contributed by atoms with Crippen LogP contribution in [0.2, 0.25) is 0 Å². The zero-order valence-corrected chi connectivity index (χ0v) is 7.82. The summed E-state index contributed by atoms with van der Waals surface area (Å²) in [5.74, 6) is 0.101. The Kier molecular flexibility index (Phi) is 2.17. The van der Waals surface area contributed by atoms with E-state index in [4.69, 9.17) is 10.9 Å². The van der Waals surface area contributed by atoms with E-state index in [-0.39, 0.29) is 11.5 Å². The van der Waals surface area contributed by atoms with E-state index in [1.165, 1.54) is 0 Å². The van der Waals surface area contributed by atoms with E-state index in [1.54, 1.807) is 12.1 Å². The molecule has 0 atom stereocenters. The normalized spacial score (nSPS) is 12.1. The molecule has 1 heterocycles. The Morgan fingerprint density at radius 2 is 2.27 bits per heavy atom. The van der Waals surface area contributed by atoms with Crippen molar-refractivity contribution in [2.45, 2.75) is 6.42 Å². The number of H-pyrrole nitrogens is 2. The van der Waals surface area contributed by atoms with Gasteiger partial charge in [0.2, 0.25) is 0 Å². The molecule has 0 aliphatic heterocycles. The van der Waals surface area contributed by atoms with Crippen LogP contribution < -0.4 is 11.4 Å². The number of hydrogen-bond acceptors (Lipinski definition) is 3. The van der Waals surface area contributed by atoms with Gasteiger partial charge in [0.05, 0.1) is 11.0 Å². The van der Waals surface area contributed by atoms with E-state index in [2.05, 4.69) is 15.1 Å². The Morgan fingerprint density at radius 1 is 1.47 bits per heavy atom. The number of aromatic amines is 2. The van der Waals surface area contributed by atoms with Gasteiger partial charge in [-0.15, -0.1) is 0 Å². The van der Waals surface area contributed by atoms with Gasteiger partial charge >= 0.3 is 5.69 Å². The molecule has 0 unspecified atom stereocenters. The van der Waals surface area contributed by atoms with Crippen molar-refractivity contribution >= 4 is 16.9 Å². The third-order valence-electron chi connectivity index (χ3n) is 2.14. The molecule has 0 spiro atoms. The molecule has 0 aliphatic rings. The first kappa shape index (κ1) is 9.32. The molecule has 6 heteroatoms. The molecular formula is C9H10N4O2. The molecule has 15 heavy (non-hydrogen) atoms. The van der Waals surface area contributed by atoms with Crippen molar-refractivity contribution < 1.29 is 5.21 Å². The molecule has 5 N–H and O–H groups in total. The summed E-state index contributed by atoms with van der Waals surface area (Å²) in [4.78, 5) is 16.4. The highest BCUT2D eigenvalue weighted by molar-refractivity contribution is 5.87. The number of para-hydroxylation sites is 1. The number of nitrogens with one attached hydrogen (secondary N) is 2. The Morgan fingerprint density at radius 3 is 3.00 bits per heavy atom. The average Bonchev–Trinajstić information content (AvgIpc) is 2.59. The lowest BCUT2D eigenvalue weighted by atomic mass is 10.1. The summed E-state index contributed by atoms with van der Waals surface area (Å²) >= 11 is 0. The molecule has 0 saturated heterocycles. The maximum Gasteiger partial charge on any atom is 0.323 e. The van der Waals surface area contributed by atoms with Crippen molar-refractivity contribution in [1.29, 1.82) is 0 Å². The van der Waals surface area contributed by atoms with Crippen molar-refractivity contribution in [2.75, 3.05) is 0 Å². The number of nitrogens with zero attached hydrogens (tertiary/aromatic N) is 1. The molecule has 0 amide bonds. The number of rotatable bonds is 2.